The van der Waals surface area contributed by atoms with Crippen molar-refractivity contribution in [3.8, 4) is 22.4 Å². The van der Waals surface area contributed by atoms with Gasteiger partial charge < -0.3 is 5.32 Å². The summed E-state index contributed by atoms with van der Waals surface area (Å²) in [6, 6.07) is 33.5. The molecule has 6 rings (SSSR count). The van der Waals surface area contributed by atoms with Gasteiger partial charge in [-0.2, -0.15) is 0 Å². The number of carbonyl (C=O) groups is 1. The van der Waals surface area contributed by atoms with Crippen LogP contribution in [0.4, 0.5) is 5.69 Å². The monoisotopic (exact) mass is 471 g/mol. The molecule has 4 aromatic carbocycles. The van der Waals surface area contributed by atoms with Gasteiger partial charge in [0.15, 0.2) is 0 Å². The van der Waals surface area contributed by atoms with Crippen LogP contribution >= 0.6 is 0 Å². The summed E-state index contributed by atoms with van der Waals surface area (Å²) in [6.45, 7) is 2.49. The molecule has 4 nitrogen and oxygen atoms in total. The standard InChI is InChI=1S/C32H29N3O/c36-31(22-35-19-7-2-8-20-35)33-26-16-13-25(14-17-26)30-21-28(23-9-3-1-4-10-23)32-27-12-6-5-11-24(27)15-18-29(32)34-30/h1,3-6,9-18,21H,2,7-8,19-20,22H2,(H,33,36). The molecule has 1 N–H and O–H groups in total. The van der Waals surface area contributed by atoms with Crippen LogP contribution in [-0.2, 0) is 4.79 Å². The lowest BCUT2D eigenvalue weighted by atomic mass is 9.94. The summed E-state index contributed by atoms with van der Waals surface area (Å²) < 4.78 is 0. The van der Waals surface area contributed by atoms with Crippen LogP contribution in [0.15, 0.2) is 97.1 Å². The van der Waals surface area contributed by atoms with E-state index in [0.717, 1.165) is 35.6 Å². The zero-order valence-corrected chi connectivity index (χ0v) is 20.3. The maximum atomic E-state index is 12.5. The lowest BCUT2D eigenvalue weighted by Crippen LogP contribution is -2.36. The first-order valence-corrected chi connectivity index (χ1v) is 12.8. The second-order valence-electron chi connectivity index (χ2n) is 9.56. The number of nitrogens with zero attached hydrogens (tertiary/aromatic N) is 2. The highest BCUT2D eigenvalue weighted by Gasteiger charge is 2.15. The number of benzene rings is 4. The molecule has 0 radical (unpaired) electrons. The van der Waals surface area contributed by atoms with E-state index in [9.17, 15) is 4.79 Å². The molecule has 1 aliphatic heterocycles. The first kappa shape index (κ1) is 22.4. The molecule has 0 spiro atoms. The molecular weight excluding hydrogens is 442 g/mol. The van der Waals surface area contributed by atoms with E-state index in [1.54, 1.807) is 0 Å². The number of anilines is 1. The van der Waals surface area contributed by atoms with Gasteiger partial charge in [0.1, 0.15) is 0 Å². The highest BCUT2D eigenvalue weighted by molar-refractivity contribution is 6.13. The Morgan fingerprint density at radius 3 is 2.33 bits per heavy atom. The number of aromatic nitrogens is 1. The molecule has 1 saturated heterocycles. The van der Waals surface area contributed by atoms with Gasteiger partial charge in [-0.1, -0.05) is 79.2 Å². The van der Waals surface area contributed by atoms with Gasteiger partial charge >= 0.3 is 0 Å². The minimum atomic E-state index is 0.0479. The van der Waals surface area contributed by atoms with Crippen molar-refractivity contribution in [1.29, 1.82) is 0 Å². The van der Waals surface area contributed by atoms with Crippen molar-refractivity contribution in [2.24, 2.45) is 0 Å². The average molecular weight is 472 g/mol. The Labute approximate surface area is 211 Å². The molecule has 2 heterocycles. The fourth-order valence-corrected chi connectivity index (χ4v) is 5.25. The van der Waals surface area contributed by atoms with Gasteiger partial charge in [0.25, 0.3) is 0 Å². The number of piperidine rings is 1. The zero-order chi connectivity index (χ0) is 24.3. The SMILES string of the molecule is O=C(CN1CCCCC1)Nc1ccc(-c2cc(-c3ccccc3)c3c(ccc4ccccc43)n2)cc1. The third-order valence-electron chi connectivity index (χ3n) is 7.06. The molecule has 5 aromatic rings. The summed E-state index contributed by atoms with van der Waals surface area (Å²) in [7, 11) is 0. The van der Waals surface area contributed by atoms with E-state index in [1.807, 2.05) is 30.3 Å². The van der Waals surface area contributed by atoms with Crippen molar-refractivity contribution in [2.75, 3.05) is 25.0 Å². The number of pyridine rings is 1. The Morgan fingerprint density at radius 2 is 1.53 bits per heavy atom. The topological polar surface area (TPSA) is 45.2 Å². The third-order valence-corrected chi connectivity index (χ3v) is 7.06. The molecule has 0 saturated carbocycles. The Bertz CT molecular complexity index is 1520. The molecule has 1 aromatic heterocycles. The van der Waals surface area contributed by atoms with Gasteiger partial charge in [0.2, 0.25) is 5.91 Å². The summed E-state index contributed by atoms with van der Waals surface area (Å²) in [4.78, 5) is 19.8. The number of hydrogen-bond donors (Lipinski definition) is 1. The zero-order valence-electron chi connectivity index (χ0n) is 20.3. The molecular formula is C32H29N3O. The smallest absolute Gasteiger partial charge is 0.238 e. The fraction of sp³-hybridized carbons (Fsp3) is 0.188. The second kappa shape index (κ2) is 9.92. The van der Waals surface area contributed by atoms with E-state index in [1.165, 1.54) is 46.5 Å². The van der Waals surface area contributed by atoms with Crippen LogP contribution in [-0.4, -0.2) is 35.4 Å². The highest BCUT2D eigenvalue weighted by Crippen LogP contribution is 2.36. The van der Waals surface area contributed by atoms with Gasteiger partial charge in [0, 0.05) is 16.6 Å². The van der Waals surface area contributed by atoms with Crippen molar-refractivity contribution >= 4 is 33.3 Å². The molecule has 4 heteroatoms. The lowest BCUT2D eigenvalue weighted by molar-refractivity contribution is -0.117. The van der Waals surface area contributed by atoms with E-state index in [2.05, 4.69) is 76.9 Å². The molecule has 1 fully saturated rings. The molecule has 36 heavy (non-hydrogen) atoms. The Hall–Kier alpha value is -4.02. The van der Waals surface area contributed by atoms with E-state index in [-0.39, 0.29) is 5.91 Å². The summed E-state index contributed by atoms with van der Waals surface area (Å²) in [6.07, 6.45) is 3.63. The predicted octanol–water partition coefficient (Wildman–Crippen LogP) is 7.15. The van der Waals surface area contributed by atoms with E-state index in [0.29, 0.717) is 6.54 Å². The average Bonchev–Trinajstić information content (AvgIpc) is 2.93. The summed E-state index contributed by atoms with van der Waals surface area (Å²) in [5.41, 5.74) is 6.08. The predicted molar refractivity (Wildman–Crippen MR) is 149 cm³/mol. The molecule has 0 atom stereocenters. The minimum Gasteiger partial charge on any atom is -0.325 e. The summed E-state index contributed by atoms with van der Waals surface area (Å²) >= 11 is 0. The number of likely N-dealkylation sites (tertiary alicyclic amines) is 1. The minimum absolute atomic E-state index is 0.0479. The van der Waals surface area contributed by atoms with Crippen molar-refractivity contribution < 1.29 is 4.79 Å². The number of rotatable bonds is 5. The number of amides is 1. The van der Waals surface area contributed by atoms with E-state index >= 15 is 0 Å². The largest absolute Gasteiger partial charge is 0.325 e. The number of hydrogen-bond acceptors (Lipinski definition) is 3. The van der Waals surface area contributed by atoms with Crippen molar-refractivity contribution in [2.45, 2.75) is 19.3 Å². The quantitative estimate of drug-likeness (QED) is 0.277. The third kappa shape index (κ3) is 4.60. The summed E-state index contributed by atoms with van der Waals surface area (Å²) in [5, 5.41) is 6.64. The van der Waals surface area contributed by atoms with Gasteiger partial charge in [-0.3, -0.25) is 9.69 Å². The fourth-order valence-electron chi connectivity index (χ4n) is 5.25. The number of carbonyl (C=O) groups excluding carboxylic acids is 1. The Balaban J connectivity index is 1.34. The highest BCUT2D eigenvalue weighted by atomic mass is 16.2. The maximum Gasteiger partial charge on any atom is 0.238 e. The first-order valence-electron chi connectivity index (χ1n) is 12.8. The maximum absolute atomic E-state index is 12.5. The van der Waals surface area contributed by atoms with Crippen LogP contribution in [0.5, 0.6) is 0 Å². The second-order valence-corrected chi connectivity index (χ2v) is 9.56. The molecule has 1 aliphatic rings. The molecule has 0 unspecified atom stereocenters. The van der Waals surface area contributed by atoms with Crippen molar-refractivity contribution in [1.82, 2.24) is 9.88 Å². The number of fused-ring (bicyclic) bond motifs is 3. The van der Waals surface area contributed by atoms with Gasteiger partial charge in [0.05, 0.1) is 17.8 Å². The Morgan fingerprint density at radius 1 is 0.778 bits per heavy atom. The first-order chi connectivity index (χ1) is 17.7. The molecule has 0 aliphatic carbocycles. The van der Waals surface area contributed by atoms with Crippen molar-refractivity contribution in [3.63, 3.8) is 0 Å². The van der Waals surface area contributed by atoms with E-state index < -0.39 is 0 Å². The lowest BCUT2D eigenvalue weighted by Gasteiger charge is -2.25. The van der Waals surface area contributed by atoms with Gasteiger partial charge in [-0.15, -0.1) is 0 Å². The van der Waals surface area contributed by atoms with Crippen molar-refractivity contribution in [3.05, 3.63) is 97.1 Å². The van der Waals surface area contributed by atoms with Crippen LogP contribution in [0, 0.1) is 0 Å². The number of nitrogens with one attached hydrogen (secondary N) is 1. The molecule has 178 valence electrons. The van der Waals surface area contributed by atoms with E-state index in [4.69, 9.17) is 4.98 Å². The summed E-state index contributed by atoms with van der Waals surface area (Å²) in [5.74, 6) is 0.0479. The van der Waals surface area contributed by atoms with Gasteiger partial charge in [-0.05, 0) is 72.1 Å². The normalized spacial score (nSPS) is 14.2. The van der Waals surface area contributed by atoms with Crippen LogP contribution in [0.3, 0.4) is 0 Å². The molecule has 0 bridgehead atoms. The van der Waals surface area contributed by atoms with Crippen LogP contribution in [0.1, 0.15) is 19.3 Å². The Kier molecular flexibility index (Phi) is 6.18. The molecule has 1 amide bonds. The van der Waals surface area contributed by atoms with Gasteiger partial charge in [-0.25, -0.2) is 4.98 Å². The van der Waals surface area contributed by atoms with Crippen LogP contribution < -0.4 is 5.32 Å². The van der Waals surface area contributed by atoms with Crippen LogP contribution in [0.2, 0.25) is 0 Å². The van der Waals surface area contributed by atoms with Crippen LogP contribution in [0.25, 0.3) is 44.1 Å².